The molecule has 0 unspecified atom stereocenters. The number of rotatable bonds is 2. The molecule has 3 rings (SSSR count). The molecule has 0 aromatic heterocycles. The highest BCUT2D eigenvalue weighted by molar-refractivity contribution is 6.11. The van der Waals surface area contributed by atoms with Gasteiger partial charge in [0.25, 0.3) is 5.91 Å². The largest absolute Gasteiger partial charge is 0.507 e. The zero-order chi connectivity index (χ0) is 18.7. The summed E-state index contributed by atoms with van der Waals surface area (Å²) in [6.45, 7) is 1.05. The molecule has 0 saturated carbocycles. The van der Waals surface area contributed by atoms with E-state index in [2.05, 4.69) is 15.6 Å². The molecule has 128 valence electrons. The number of aromatic hydroxyl groups is 1. The van der Waals surface area contributed by atoms with Crippen LogP contribution in [0.25, 0.3) is 11.1 Å². The van der Waals surface area contributed by atoms with Gasteiger partial charge in [-0.3, -0.25) is 15.1 Å². The lowest BCUT2D eigenvalue weighted by Crippen LogP contribution is -2.38. The minimum atomic E-state index is -0.746. The van der Waals surface area contributed by atoms with Gasteiger partial charge in [-0.2, -0.15) is 10.5 Å². The van der Waals surface area contributed by atoms with E-state index in [1.165, 1.54) is 24.3 Å². The van der Waals surface area contributed by atoms with Crippen molar-refractivity contribution in [2.24, 2.45) is 4.99 Å². The summed E-state index contributed by atoms with van der Waals surface area (Å²) in [7, 11) is 0. The number of carbonyl (C=O) groups is 1. The zero-order valence-electron chi connectivity index (χ0n) is 13.4. The molecule has 26 heavy (non-hydrogen) atoms. The van der Waals surface area contributed by atoms with Gasteiger partial charge in [-0.1, -0.05) is 0 Å². The molecule has 1 amide bonds. The Balaban J connectivity index is 2.21. The first kappa shape index (κ1) is 16.9. The van der Waals surface area contributed by atoms with Crippen molar-refractivity contribution in [2.45, 2.75) is 0 Å². The number of guanidine groups is 1. The number of hydrogen-bond donors (Lipinski definition) is 3. The molecule has 0 spiro atoms. The van der Waals surface area contributed by atoms with E-state index in [1.54, 1.807) is 0 Å². The number of benzene rings is 2. The Hall–Kier alpha value is -3.91. The van der Waals surface area contributed by atoms with Crippen molar-refractivity contribution in [3.05, 3.63) is 52.8 Å². The van der Waals surface area contributed by atoms with Gasteiger partial charge in [0.05, 0.1) is 35.4 Å². The molecule has 2 aromatic rings. The van der Waals surface area contributed by atoms with Crippen LogP contribution < -0.4 is 10.6 Å². The molecule has 0 fully saturated rings. The summed E-state index contributed by atoms with van der Waals surface area (Å²) in [6, 6.07) is 9.83. The average molecular weight is 349 g/mol. The first-order chi connectivity index (χ1) is 12.5. The van der Waals surface area contributed by atoms with Crippen molar-refractivity contribution in [3.8, 4) is 29.0 Å². The van der Waals surface area contributed by atoms with Gasteiger partial charge in [-0.25, -0.2) is 4.39 Å². The summed E-state index contributed by atoms with van der Waals surface area (Å²) in [5.41, 5.74) is -0.333. The zero-order valence-corrected chi connectivity index (χ0v) is 13.4. The Morgan fingerprint density at radius 2 is 2.08 bits per heavy atom. The third kappa shape index (κ3) is 3.04. The quantitative estimate of drug-likeness (QED) is 0.761. The number of nitrogens with zero attached hydrogens (tertiary/aromatic N) is 3. The lowest BCUT2D eigenvalue weighted by atomic mass is 9.92. The topological polar surface area (TPSA) is 121 Å². The van der Waals surface area contributed by atoms with E-state index >= 15 is 0 Å². The van der Waals surface area contributed by atoms with Gasteiger partial charge in [0.15, 0.2) is 5.96 Å². The third-order valence-corrected chi connectivity index (χ3v) is 3.80. The molecule has 0 bridgehead atoms. The van der Waals surface area contributed by atoms with Gasteiger partial charge in [-0.15, -0.1) is 0 Å². The van der Waals surface area contributed by atoms with E-state index in [0.29, 0.717) is 13.1 Å². The second-order valence-electron chi connectivity index (χ2n) is 5.41. The van der Waals surface area contributed by atoms with Crippen LogP contribution in [-0.2, 0) is 0 Å². The Bertz CT molecular complexity index is 1020. The summed E-state index contributed by atoms with van der Waals surface area (Å²) in [4.78, 5) is 16.7. The van der Waals surface area contributed by atoms with Crippen LogP contribution in [-0.4, -0.2) is 30.1 Å². The number of amides is 1. The predicted octanol–water partition coefficient (Wildman–Crippen LogP) is 1.63. The van der Waals surface area contributed by atoms with E-state index in [9.17, 15) is 19.6 Å². The summed E-state index contributed by atoms with van der Waals surface area (Å²) < 4.78 is 14.4. The van der Waals surface area contributed by atoms with E-state index < -0.39 is 17.5 Å². The third-order valence-electron chi connectivity index (χ3n) is 3.80. The van der Waals surface area contributed by atoms with Crippen molar-refractivity contribution in [3.63, 3.8) is 0 Å². The van der Waals surface area contributed by atoms with Crippen molar-refractivity contribution >= 4 is 11.9 Å². The maximum absolute atomic E-state index is 14.4. The van der Waals surface area contributed by atoms with Gasteiger partial charge < -0.3 is 10.4 Å². The lowest BCUT2D eigenvalue weighted by molar-refractivity contribution is 0.0974. The minimum Gasteiger partial charge on any atom is -0.507 e. The van der Waals surface area contributed by atoms with Crippen molar-refractivity contribution in [2.75, 3.05) is 13.1 Å². The summed E-state index contributed by atoms with van der Waals surface area (Å²) in [6.07, 6.45) is 0. The molecule has 0 radical (unpaired) electrons. The molecular weight excluding hydrogens is 337 g/mol. The number of aliphatic imine (C=N–C) groups is 1. The maximum atomic E-state index is 14.4. The Kier molecular flexibility index (Phi) is 4.50. The highest BCUT2D eigenvalue weighted by Gasteiger charge is 2.24. The van der Waals surface area contributed by atoms with Crippen LogP contribution in [0.1, 0.15) is 21.5 Å². The van der Waals surface area contributed by atoms with Crippen LogP contribution in [0.3, 0.4) is 0 Å². The first-order valence-corrected chi connectivity index (χ1v) is 7.61. The normalized spacial score (nSPS) is 12.5. The van der Waals surface area contributed by atoms with Gasteiger partial charge in [0.2, 0.25) is 0 Å². The molecule has 3 N–H and O–H groups in total. The number of halogens is 1. The Labute approximate surface area is 148 Å². The Morgan fingerprint density at radius 1 is 1.27 bits per heavy atom. The molecule has 1 aliphatic rings. The second kappa shape index (κ2) is 6.91. The number of nitrogens with one attached hydrogen (secondary N) is 2. The number of hydrogen-bond acceptors (Lipinski definition) is 6. The number of carbonyl (C=O) groups excluding carboxylic acids is 1. The van der Waals surface area contributed by atoms with E-state index in [1.807, 2.05) is 12.1 Å². The van der Waals surface area contributed by atoms with Crippen molar-refractivity contribution in [1.29, 1.82) is 10.5 Å². The molecule has 0 aliphatic carbocycles. The molecule has 2 aromatic carbocycles. The predicted molar refractivity (Wildman–Crippen MR) is 90.7 cm³/mol. The van der Waals surface area contributed by atoms with Crippen LogP contribution in [0.15, 0.2) is 35.3 Å². The SMILES string of the molecule is N#Cc1ccc(F)c(-c2c(C#N)ccc(O)c2C(=O)NC2=NCCN2)c1. The molecule has 8 heteroatoms. The van der Waals surface area contributed by atoms with Crippen molar-refractivity contribution in [1.82, 2.24) is 10.6 Å². The number of nitriles is 2. The fourth-order valence-electron chi connectivity index (χ4n) is 2.63. The molecule has 7 nitrogen and oxygen atoms in total. The van der Waals surface area contributed by atoms with Crippen LogP contribution in [0.4, 0.5) is 4.39 Å². The lowest BCUT2D eigenvalue weighted by Gasteiger charge is -2.14. The van der Waals surface area contributed by atoms with Gasteiger partial charge in [-0.05, 0) is 30.3 Å². The molecule has 0 atom stereocenters. The van der Waals surface area contributed by atoms with Crippen LogP contribution in [0.2, 0.25) is 0 Å². The van der Waals surface area contributed by atoms with E-state index in [0.717, 1.165) is 6.07 Å². The monoisotopic (exact) mass is 349 g/mol. The number of phenolic OH excluding ortho intramolecular Hbond substituents is 1. The molecule has 0 saturated heterocycles. The highest BCUT2D eigenvalue weighted by atomic mass is 19.1. The number of phenols is 1. The first-order valence-electron chi connectivity index (χ1n) is 7.61. The van der Waals surface area contributed by atoms with Crippen LogP contribution >= 0.6 is 0 Å². The van der Waals surface area contributed by atoms with Gasteiger partial charge >= 0.3 is 0 Å². The van der Waals surface area contributed by atoms with E-state index in [-0.39, 0.29) is 33.8 Å². The summed E-state index contributed by atoms with van der Waals surface area (Å²) in [5, 5.41) is 34.0. The standard InChI is InChI=1S/C18H12FN5O2/c19-13-3-1-10(8-20)7-12(13)15-11(9-21)2-4-14(25)16(15)17(26)24-18-22-5-6-23-18/h1-4,7,25H,5-6H2,(H2,22,23,24,26). The minimum absolute atomic E-state index is 0.0109. The van der Waals surface area contributed by atoms with Gasteiger partial charge in [0, 0.05) is 17.7 Å². The van der Waals surface area contributed by atoms with Gasteiger partial charge in [0.1, 0.15) is 11.6 Å². The fourth-order valence-corrected chi connectivity index (χ4v) is 2.63. The average Bonchev–Trinajstić information content (AvgIpc) is 3.14. The van der Waals surface area contributed by atoms with Crippen LogP contribution in [0, 0.1) is 28.5 Å². The summed E-state index contributed by atoms with van der Waals surface area (Å²) in [5.74, 6) is -1.66. The Morgan fingerprint density at radius 3 is 2.73 bits per heavy atom. The van der Waals surface area contributed by atoms with E-state index in [4.69, 9.17) is 5.26 Å². The fraction of sp³-hybridized carbons (Fsp3) is 0.111. The highest BCUT2D eigenvalue weighted by Crippen LogP contribution is 2.35. The summed E-state index contributed by atoms with van der Waals surface area (Å²) >= 11 is 0. The van der Waals surface area contributed by atoms with Crippen LogP contribution in [0.5, 0.6) is 5.75 Å². The smallest absolute Gasteiger partial charge is 0.262 e. The second-order valence-corrected chi connectivity index (χ2v) is 5.41. The molecule has 1 aliphatic heterocycles. The molecule has 1 heterocycles. The molecular formula is C18H12FN5O2. The maximum Gasteiger partial charge on any atom is 0.262 e. The van der Waals surface area contributed by atoms with Crippen molar-refractivity contribution < 1.29 is 14.3 Å².